The normalized spacial score (nSPS) is 11.6. The van der Waals surface area contributed by atoms with Gasteiger partial charge in [-0.05, 0) is 43.2 Å². The van der Waals surface area contributed by atoms with Gasteiger partial charge in [-0.15, -0.1) is 11.3 Å². The number of anilines is 1. The van der Waals surface area contributed by atoms with E-state index in [1.807, 2.05) is 13.0 Å². The van der Waals surface area contributed by atoms with Crippen LogP contribution < -0.4 is 4.72 Å². The average Bonchev–Trinajstić information content (AvgIpc) is 2.82. The summed E-state index contributed by atoms with van der Waals surface area (Å²) in [6.07, 6.45) is 0.724. The van der Waals surface area contributed by atoms with Crippen LogP contribution in [0, 0.1) is 6.92 Å². The Balaban J connectivity index is 2.39. The monoisotopic (exact) mass is 389 g/mol. The summed E-state index contributed by atoms with van der Waals surface area (Å²) in [6, 6.07) is 6.97. The molecule has 0 saturated carbocycles. The molecule has 1 aromatic heterocycles. The van der Waals surface area contributed by atoms with E-state index in [2.05, 4.69) is 20.7 Å². The molecule has 0 bridgehead atoms. The van der Waals surface area contributed by atoms with Crippen LogP contribution in [0.3, 0.4) is 0 Å². The maximum Gasteiger partial charge on any atom is 0.263 e. The van der Waals surface area contributed by atoms with E-state index in [4.69, 9.17) is 5.11 Å². The quantitative estimate of drug-likeness (QED) is 0.819. The van der Waals surface area contributed by atoms with E-state index in [1.165, 1.54) is 17.4 Å². The lowest BCUT2D eigenvalue weighted by molar-refractivity contribution is 0.285. The molecule has 2 N–H and O–H groups in total. The number of hydrogen-bond donors (Lipinski definition) is 2. The first kappa shape index (κ1) is 16.5. The van der Waals surface area contributed by atoms with Gasteiger partial charge in [0.15, 0.2) is 0 Å². The number of hydrogen-bond acceptors (Lipinski definition) is 4. The van der Waals surface area contributed by atoms with Gasteiger partial charge < -0.3 is 5.11 Å². The Morgan fingerprint density at radius 1 is 1.33 bits per heavy atom. The Bertz CT molecular complexity index is 754. The summed E-state index contributed by atoms with van der Waals surface area (Å²) in [7, 11) is -3.64. The number of aliphatic hydroxyl groups is 1. The maximum atomic E-state index is 12.5. The highest BCUT2D eigenvalue weighted by molar-refractivity contribution is 9.10. The third kappa shape index (κ3) is 3.66. The highest BCUT2D eigenvalue weighted by Crippen LogP contribution is 2.29. The van der Waals surface area contributed by atoms with Crippen LogP contribution >= 0.6 is 27.3 Å². The molecule has 2 aromatic rings. The van der Waals surface area contributed by atoms with Gasteiger partial charge in [-0.3, -0.25) is 4.72 Å². The number of thiophene rings is 1. The summed E-state index contributed by atoms with van der Waals surface area (Å²) in [6.45, 7) is 3.56. The van der Waals surface area contributed by atoms with Gasteiger partial charge in [-0.25, -0.2) is 8.42 Å². The van der Waals surface area contributed by atoms with Crippen molar-refractivity contribution in [3.63, 3.8) is 0 Å². The summed E-state index contributed by atoms with van der Waals surface area (Å²) in [4.78, 5) is 1.53. The van der Waals surface area contributed by atoms with E-state index >= 15 is 0 Å². The zero-order valence-corrected chi connectivity index (χ0v) is 14.9. The summed E-state index contributed by atoms with van der Waals surface area (Å²) >= 11 is 4.67. The van der Waals surface area contributed by atoms with Crippen LogP contribution in [0.15, 0.2) is 33.6 Å². The zero-order chi connectivity index (χ0) is 15.6. The van der Waals surface area contributed by atoms with Gasteiger partial charge in [0.2, 0.25) is 0 Å². The molecular weight excluding hydrogens is 374 g/mol. The average molecular weight is 390 g/mol. The van der Waals surface area contributed by atoms with Crippen molar-refractivity contribution in [2.24, 2.45) is 0 Å². The van der Waals surface area contributed by atoms with Crippen LogP contribution in [-0.4, -0.2) is 13.5 Å². The van der Waals surface area contributed by atoms with Crippen LogP contribution in [0.5, 0.6) is 0 Å². The van der Waals surface area contributed by atoms with E-state index in [0.29, 0.717) is 15.4 Å². The second-order valence-corrected chi connectivity index (χ2v) is 8.46. The zero-order valence-electron chi connectivity index (χ0n) is 11.7. The van der Waals surface area contributed by atoms with Crippen LogP contribution in [0.2, 0.25) is 0 Å². The third-order valence-electron chi connectivity index (χ3n) is 3.06. The standard InChI is InChI=1S/C14H16BrNO3S2/c1-3-10-6-11(15)4-5-13(10)16-21(18,19)14-7-12(8-17)20-9(14)2/h4-7,16-17H,3,8H2,1-2H3. The molecule has 0 amide bonds. The number of nitrogens with one attached hydrogen (secondary N) is 1. The van der Waals surface area contributed by atoms with Crippen molar-refractivity contribution in [1.29, 1.82) is 0 Å². The van der Waals surface area contributed by atoms with E-state index in [9.17, 15) is 8.42 Å². The predicted octanol–water partition coefficient (Wildman–Crippen LogP) is 3.67. The Labute approximate surface area is 137 Å². The minimum Gasteiger partial charge on any atom is -0.391 e. The molecule has 4 nitrogen and oxygen atoms in total. The maximum absolute atomic E-state index is 12.5. The molecule has 0 unspecified atom stereocenters. The number of benzene rings is 1. The molecule has 0 saturated heterocycles. The molecule has 0 fully saturated rings. The Morgan fingerprint density at radius 2 is 2.05 bits per heavy atom. The second-order valence-electron chi connectivity index (χ2n) is 4.55. The molecular formula is C14H16BrNO3S2. The highest BCUT2D eigenvalue weighted by Gasteiger charge is 2.20. The molecule has 0 aliphatic rings. The van der Waals surface area contributed by atoms with Crippen molar-refractivity contribution in [2.45, 2.75) is 31.8 Å². The second kappa shape index (κ2) is 6.48. The van der Waals surface area contributed by atoms with Gasteiger partial charge >= 0.3 is 0 Å². The van der Waals surface area contributed by atoms with Crippen molar-refractivity contribution in [3.05, 3.63) is 44.1 Å². The third-order valence-corrected chi connectivity index (χ3v) is 6.21. The SMILES string of the molecule is CCc1cc(Br)ccc1NS(=O)(=O)c1cc(CO)sc1C. The predicted molar refractivity (Wildman–Crippen MR) is 89.3 cm³/mol. The number of aryl methyl sites for hydroxylation is 2. The van der Waals surface area contributed by atoms with Crippen molar-refractivity contribution in [3.8, 4) is 0 Å². The molecule has 1 heterocycles. The van der Waals surface area contributed by atoms with E-state index in [0.717, 1.165) is 16.5 Å². The summed E-state index contributed by atoms with van der Waals surface area (Å²) < 4.78 is 28.6. The lowest BCUT2D eigenvalue weighted by Crippen LogP contribution is -2.14. The van der Waals surface area contributed by atoms with Crippen LogP contribution in [0.25, 0.3) is 0 Å². The first-order chi connectivity index (χ1) is 9.87. The Kier molecular flexibility index (Phi) is 5.08. The number of sulfonamides is 1. The number of halogens is 1. The van der Waals surface area contributed by atoms with E-state index in [-0.39, 0.29) is 11.5 Å². The van der Waals surface area contributed by atoms with E-state index in [1.54, 1.807) is 19.1 Å². The van der Waals surface area contributed by atoms with Crippen LogP contribution in [-0.2, 0) is 23.1 Å². The molecule has 114 valence electrons. The summed E-state index contributed by atoms with van der Waals surface area (Å²) in [5.74, 6) is 0. The van der Waals surface area contributed by atoms with Gasteiger partial charge in [0.05, 0.1) is 12.3 Å². The molecule has 7 heteroatoms. The molecule has 21 heavy (non-hydrogen) atoms. The molecule has 0 aliphatic heterocycles. The van der Waals surface area contributed by atoms with Crippen molar-refractivity contribution >= 4 is 43.0 Å². The van der Waals surface area contributed by atoms with Gasteiger partial charge in [0.1, 0.15) is 4.90 Å². The van der Waals surface area contributed by atoms with Gasteiger partial charge in [-0.2, -0.15) is 0 Å². The van der Waals surface area contributed by atoms with Crippen LogP contribution in [0.1, 0.15) is 22.2 Å². The fourth-order valence-corrected chi connectivity index (χ4v) is 5.03. The first-order valence-electron chi connectivity index (χ1n) is 6.38. The fourth-order valence-electron chi connectivity index (χ4n) is 2.02. The fraction of sp³-hybridized carbons (Fsp3) is 0.286. The molecule has 0 aliphatic carbocycles. The lowest BCUT2D eigenvalue weighted by atomic mass is 10.1. The lowest BCUT2D eigenvalue weighted by Gasteiger charge is -2.12. The smallest absolute Gasteiger partial charge is 0.263 e. The van der Waals surface area contributed by atoms with Crippen molar-refractivity contribution < 1.29 is 13.5 Å². The Hall–Kier alpha value is -0.890. The first-order valence-corrected chi connectivity index (χ1v) is 9.48. The largest absolute Gasteiger partial charge is 0.391 e. The number of rotatable bonds is 5. The Morgan fingerprint density at radius 3 is 2.62 bits per heavy atom. The van der Waals surface area contributed by atoms with Crippen molar-refractivity contribution in [2.75, 3.05) is 4.72 Å². The van der Waals surface area contributed by atoms with Crippen molar-refractivity contribution in [1.82, 2.24) is 0 Å². The van der Waals surface area contributed by atoms with Gasteiger partial charge in [0.25, 0.3) is 10.0 Å². The minimum absolute atomic E-state index is 0.153. The molecule has 0 atom stereocenters. The van der Waals surface area contributed by atoms with Crippen LogP contribution in [0.4, 0.5) is 5.69 Å². The van der Waals surface area contributed by atoms with Gasteiger partial charge in [-0.1, -0.05) is 22.9 Å². The highest BCUT2D eigenvalue weighted by atomic mass is 79.9. The molecule has 2 rings (SSSR count). The molecule has 0 spiro atoms. The molecule has 0 radical (unpaired) electrons. The minimum atomic E-state index is -3.64. The number of aliphatic hydroxyl groups excluding tert-OH is 1. The van der Waals surface area contributed by atoms with Gasteiger partial charge in [0, 0.05) is 14.2 Å². The molecule has 1 aromatic carbocycles. The topological polar surface area (TPSA) is 66.4 Å². The summed E-state index contributed by atoms with van der Waals surface area (Å²) in [5, 5.41) is 9.13. The summed E-state index contributed by atoms with van der Waals surface area (Å²) in [5.41, 5.74) is 1.50. The van der Waals surface area contributed by atoms with E-state index < -0.39 is 10.0 Å².